The minimum absolute atomic E-state index is 0.00501. The van der Waals surface area contributed by atoms with Crippen LogP contribution in [0, 0.1) is 17.7 Å². The van der Waals surface area contributed by atoms with Crippen molar-refractivity contribution in [1.82, 2.24) is 10.2 Å². The summed E-state index contributed by atoms with van der Waals surface area (Å²) in [5, 5.41) is 2.88. The first-order chi connectivity index (χ1) is 12.8. The lowest BCUT2D eigenvalue weighted by molar-refractivity contribution is -0.140. The zero-order chi connectivity index (χ0) is 19.7. The Hall–Kier alpha value is -1.66. The van der Waals surface area contributed by atoms with Gasteiger partial charge in [-0.2, -0.15) is 0 Å². The summed E-state index contributed by atoms with van der Waals surface area (Å²) in [6.07, 6.45) is 3.41. The highest BCUT2D eigenvalue weighted by atomic mass is 35.5. The summed E-state index contributed by atoms with van der Waals surface area (Å²) in [6.45, 7) is 1.74. The first-order valence-corrected chi connectivity index (χ1v) is 9.84. The third-order valence-corrected chi connectivity index (χ3v) is 6.00. The fourth-order valence-corrected chi connectivity index (χ4v) is 4.47. The van der Waals surface area contributed by atoms with Gasteiger partial charge in [0.1, 0.15) is 5.82 Å². The van der Waals surface area contributed by atoms with Crippen LogP contribution in [0.5, 0.6) is 0 Å². The van der Waals surface area contributed by atoms with E-state index in [0.717, 1.165) is 25.7 Å². The highest BCUT2D eigenvalue weighted by Crippen LogP contribution is 2.38. The van der Waals surface area contributed by atoms with Gasteiger partial charge in [0, 0.05) is 18.0 Å². The highest BCUT2D eigenvalue weighted by molar-refractivity contribution is 6.35. The number of rotatable bonds is 5. The van der Waals surface area contributed by atoms with Gasteiger partial charge in [0.2, 0.25) is 17.7 Å². The molecule has 1 aliphatic carbocycles. The van der Waals surface area contributed by atoms with Crippen LogP contribution in [0.2, 0.25) is 10.0 Å². The molecule has 3 atom stereocenters. The maximum atomic E-state index is 13.7. The van der Waals surface area contributed by atoms with E-state index in [0.29, 0.717) is 5.56 Å². The molecule has 27 heavy (non-hydrogen) atoms. The smallest absolute Gasteiger partial charge is 0.233 e. The van der Waals surface area contributed by atoms with Crippen LogP contribution in [-0.2, 0) is 14.4 Å². The number of hydrogen-bond donors (Lipinski definition) is 1. The van der Waals surface area contributed by atoms with E-state index in [1.165, 1.54) is 17.0 Å². The molecule has 1 saturated carbocycles. The summed E-state index contributed by atoms with van der Waals surface area (Å²) < 4.78 is 13.7. The Bertz CT molecular complexity index is 762. The van der Waals surface area contributed by atoms with Crippen molar-refractivity contribution in [1.29, 1.82) is 0 Å². The van der Waals surface area contributed by atoms with Crippen molar-refractivity contribution in [2.24, 2.45) is 11.8 Å². The maximum absolute atomic E-state index is 13.7. The Labute approximate surface area is 167 Å². The first kappa shape index (κ1) is 20.1. The molecular formula is C19H21Cl2FN2O3. The second kappa shape index (κ2) is 8.15. The summed E-state index contributed by atoms with van der Waals surface area (Å²) in [7, 11) is 0. The van der Waals surface area contributed by atoms with Crippen molar-refractivity contribution in [3.63, 3.8) is 0 Å². The Morgan fingerprint density at radius 1 is 1.19 bits per heavy atom. The molecule has 0 radical (unpaired) electrons. The lowest BCUT2D eigenvalue weighted by Gasteiger charge is -2.19. The van der Waals surface area contributed by atoms with Crippen molar-refractivity contribution in [3.05, 3.63) is 33.6 Å². The number of carbonyl (C=O) groups is 3. The fourth-order valence-electron chi connectivity index (χ4n) is 3.93. The van der Waals surface area contributed by atoms with E-state index in [9.17, 15) is 18.8 Å². The second-order valence-electron chi connectivity index (χ2n) is 7.15. The quantitative estimate of drug-likeness (QED) is 0.587. The van der Waals surface area contributed by atoms with Crippen LogP contribution in [0.4, 0.5) is 4.39 Å². The second-order valence-corrected chi connectivity index (χ2v) is 7.97. The number of carbonyl (C=O) groups excluding carboxylic acids is 3. The summed E-state index contributed by atoms with van der Waals surface area (Å²) in [4.78, 5) is 38.3. The lowest BCUT2D eigenvalue weighted by Crippen LogP contribution is -2.36. The molecule has 146 valence electrons. The van der Waals surface area contributed by atoms with E-state index >= 15 is 0 Å². The molecule has 0 spiro atoms. The third kappa shape index (κ3) is 4.11. The summed E-state index contributed by atoms with van der Waals surface area (Å²) >= 11 is 11.8. The van der Waals surface area contributed by atoms with Gasteiger partial charge in [-0.1, -0.05) is 36.0 Å². The zero-order valence-corrected chi connectivity index (χ0v) is 16.4. The van der Waals surface area contributed by atoms with Crippen molar-refractivity contribution < 1.29 is 18.8 Å². The standard InChI is InChI=1S/C19H21Cl2FN2O3/c1-10(13-8-16(22)15(21)9-14(13)20)23-17(25)6-7-24-18(26)11-4-2-3-5-12(11)19(24)27/h8-12H,2-7H2,1H3,(H,23,25)/t10-,11+,12+/m1/s1. The first-order valence-electron chi connectivity index (χ1n) is 9.08. The van der Waals surface area contributed by atoms with Crippen LogP contribution in [0.1, 0.15) is 50.6 Å². The van der Waals surface area contributed by atoms with Crippen LogP contribution in [0.15, 0.2) is 12.1 Å². The molecule has 1 heterocycles. The maximum Gasteiger partial charge on any atom is 0.233 e. The predicted octanol–water partition coefficient (Wildman–Crippen LogP) is 3.88. The van der Waals surface area contributed by atoms with Gasteiger partial charge in [0.05, 0.1) is 22.9 Å². The molecule has 1 aromatic rings. The summed E-state index contributed by atoms with van der Waals surface area (Å²) in [5.74, 6) is -1.72. The number of amides is 3. The average molecular weight is 415 g/mol. The number of likely N-dealkylation sites (tertiary alicyclic amines) is 1. The van der Waals surface area contributed by atoms with Crippen molar-refractivity contribution in [2.75, 3.05) is 6.54 Å². The van der Waals surface area contributed by atoms with Gasteiger partial charge in [-0.3, -0.25) is 19.3 Å². The van der Waals surface area contributed by atoms with Crippen molar-refractivity contribution in [2.45, 2.75) is 45.1 Å². The summed E-state index contributed by atoms with van der Waals surface area (Å²) in [5.41, 5.74) is 0.409. The lowest BCUT2D eigenvalue weighted by atomic mass is 9.81. The Balaban J connectivity index is 1.58. The molecule has 0 unspecified atom stereocenters. The van der Waals surface area contributed by atoms with Crippen LogP contribution < -0.4 is 5.32 Å². The summed E-state index contributed by atoms with van der Waals surface area (Å²) in [6, 6.07) is 1.94. The average Bonchev–Trinajstić information content (AvgIpc) is 2.87. The molecule has 3 rings (SSSR count). The molecule has 5 nitrogen and oxygen atoms in total. The number of fused-ring (bicyclic) bond motifs is 1. The zero-order valence-electron chi connectivity index (χ0n) is 14.9. The van der Waals surface area contributed by atoms with Crippen molar-refractivity contribution in [3.8, 4) is 0 Å². The van der Waals surface area contributed by atoms with E-state index in [1.54, 1.807) is 6.92 Å². The molecule has 0 bridgehead atoms. The fraction of sp³-hybridized carbons (Fsp3) is 0.526. The SMILES string of the molecule is C[C@@H](NC(=O)CCN1C(=O)[C@H]2CCCC[C@@H]2C1=O)c1cc(F)c(Cl)cc1Cl. The number of imide groups is 1. The van der Waals surface area contributed by atoms with Crippen LogP contribution >= 0.6 is 23.2 Å². The monoisotopic (exact) mass is 414 g/mol. The minimum atomic E-state index is -0.618. The van der Waals surface area contributed by atoms with Crippen LogP contribution in [-0.4, -0.2) is 29.2 Å². The number of nitrogens with one attached hydrogen (secondary N) is 1. The van der Waals surface area contributed by atoms with E-state index in [-0.39, 0.29) is 52.6 Å². The van der Waals surface area contributed by atoms with Gasteiger partial charge in [-0.25, -0.2) is 4.39 Å². The molecular weight excluding hydrogens is 394 g/mol. The van der Waals surface area contributed by atoms with Crippen molar-refractivity contribution >= 4 is 40.9 Å². The predicted molar refractivity (Wildman–Crippen MR) is 99.8 cm³/mol. The molecule has 2 fully saturated rings. The van der Waals surface area contributed by atoms with Gasteiger partial charge in [-0.05, 0) is 37.5 Å². The molecule has 0 aromatic heterocycles. The number of nitrogens with zero attached hydrogens (tertiary/aromatic N) is 1. The molecule has 3 amide bonds. The molecule has 8 heteroatoms. The van der Waals surface area contributed by atoms with E-state index in [1.807, 2.05) is 0 Å². The normalized spacial score (nSPS) is 23.3. The largest absolute Gasteiger partial charge is 0.349 e. The van der Waals surface area contributed by atoms with E-state index in [2.05, 4.69) is 5.32 Å². The topological polar surface area (TPSA) is 66.5 Å². The third-order valence-electron chi connectivity index (χ3n) is 5.38. The number of hydrogen-bond acceptors (Lipinski definition) is 3. The van der Waals surface area contributed by atoms with E-state index < -0.39 is 11.9 Å². The molecule has 1 aromatic carbocycles. The number of halogens is 3. The molecule has 2 aliphatic rings. The van der Waals surface area contributed by atoms with E-state index in [4.69, 9.17) is 23.2 Å². The Morgan fingerprint density at radius 3 is 2.37 bits per heavy atom. The molecule has 1 aliphatic heterocycles. The Kier molecular flexibility index (Phi) is 6.06. The highest BCUT2D eigenvalue weighted by Gasteiger charge is 2.47. The number of benzene rings is 1. The van der Waals surface area contributed by atoms with Gasteiger partial charge in [0.25, 0.3) is 0 Å². The molecule has 1 N–H and O–H groups in total. The van der Waals surface area contributed by atoms with Crippen LogP contribution in [0.25, 0.3) is 0 Å². The van der Waals surface area contributed by atoms with Gasteiger partial charge < -0.3 is 5.32 Å². The Morgan fingerprint density at radius 2 is 1.78 bits per heavy atom. The minimum Gasteiger partial charge on any atom is -0.349 e. The molecule has 1 saturated heterocycles. The van der Waals surface area contributed by atoms with Gasteiger partial charge in [0.15, 0.2) is 0 Å². The van der Waals surface area contributed by atoms with Gasteiger partial charge in [-0.15, -0.1) is 0 Å². The van der Waals surface area contributed by atoms with Gasteiger partial charge >= 0.3 is 0 Å². The van der Waals surface area contributed by atoms with Crippen LogP contribution in [0.3, 0.4) is 0 Å².